The lowest BCUT2D eigenvalue weighted by Gasteiger charge is -1.99. The van der Waals surface area contributed by atoms with Gasteiger partial charge in [-0.3, -0.25) is 0 Å². The van der Waals surface area contributed by atoms with Gasteiger partial charge in [0.25, 0.3) is 5.22 Å². The summed E-state index contributed by atoms with van der Waals surface area (Å²) in [5.74, 6) is 1.98. The first-order valence-electron chi connectivity index (χ1n) is 5.86. The zero-order valence-electron chi connectivity index (χ0n) is 10.3. The summed E-state index contributed by atoms with van der Waals surface area (Å²) >= 11 is 1.70. The molecule has 2 rings (SSSR count). The van der Waals surface area contributed by atoms with Gasteiger partial charge in [-0.15, -0.1) is 0 Å². The Labute approximate surface area is 106 Å². The Morgan fingerprint density at radius 3 is 2.59 bits per heavy atom. The zero-order valence-corrected chi connectivity index (χ0v) is 11.1. The normalized spacial score (nSPS) is 10.7. The maximum Gasteiger partial charge on any atom is 0.256 e. The van der Waals surface area contributed by atoms with Crippen LogP contribution in [-0.4, -0.2) is 10.7 Å². The maximum absolute atomic E-state index is 5.52. The molecule has 0 aliphatic carbocycles. The van der Waals surface area contributed by atoms with Crippen LogP contribution in [0.15, 0.2) is 40.0 Å². The number of rotatable bonds is 5. The van der Waals surface area contributed by atoms with Crippen LogP contribution in [0.1, 0.15) is 23.4 Å². The number of aryl methyl sites for hydroxylation is 3. The van der Waals surface area contributed by atoms with E-state index >= 15 is 0 Å². The molecule has 1 heterocycles. The summed E-state index contributed by atoms with van der Waals surface area (Å²) in [5, 5.41) is 0.799. The third-order valence-electron chi connectivity index (χ3n) is 2.69. The van der Waals surface area contributed by atoms with E-state index in [1.807, 2.05) is 13.8 Å². The minimum absolute atomic E-state index is 0.799. The number of thioether (sulfide) groups is 1. The fourth-order valence-electron chi connectivity index (χ4n) is 1.59. The van der Waals surface area contributed by atoms with Gasteiger partial charge in [0, 0.05) is 5.75 Å². The molecule has 0 atom stereocenters. The second-order valence-electron chi connectivity index (χ2n) is 4.06. The van der Waals surface area contributed by atoms with Crippen molar-refractivity contribution in [2.24, 2.45) is 0 Å². The number of hydrogen-bond donors (Lipinski definition) is 0. The average Bonchev–Trinajstić information content (AvgIpc) is 2.66. The zero-order chi connectivity index (χ0) is 12.1. The SMILES string of the molecule is Cc1nc(SCCCc2ccccc2)oc1C. The van der Waals surface area contributed by atoms with E-state index in [0.717, 1.165) is 35.3 Å². The van der Waals surface area contributed by atoms with E-state index in [4.69, 9.17) is 4.42 Å². The van der Waals surface area contributed by atoms with Crippen LogP contribution in [-0.2, 0) is 6.42 Å². The molecule has 0 fully saturated rings. The molecule has 0 radical (unpaired) electrons. The van der Waals surface area contributed by atoms with Gasteiger partial charge >= 0.3 is 0 Å². The third-order valence-corrected chi connectivity index (χ3v) is 3.60. The summed E-state index contributed by atoms with van der Waals surface area (Å²) < 4.78 is 5.52. The summed E-state index contributed by atoms with van der Waals surface area (Å²) in [4.78, 5) is 4.35. The fraction of sp³-hybridized carbons (Fsp3) is 0.357. The van der Waals surface area contributed by atoms with Crippen molar-refractivity contribution in [3.05, 3.63) is 47.3 Å². The van der Waals surface area contributed by atoms with Crippen molar-refractivity contribution in [1.82, 2.24) is 4.98 Å². The fourth-order valence-corrected chi connectivity index (χ4v) is 2.43. The number of hydrogen-bond acceptors (Lipinski definition) is 3. The van der Waals surface area contributed by atoms with Gasteiger partial charge in [0.2, 0.25) is 0 Å². The molecule has 1 aromatic carbocycles. The van der Waals surface area contributed by atoms with E-state index in [1.165, 1.54) is 5.56 Å². The molecule has 0 unspecified atom stereocenters. The van der Waals surface area contributed by atoms with E-state index in [9.17, 15) is 0 Å². The minimum atomic E-state index is 0.799. The van der Waals surface area contributed by atoms with Gasteiger partial charge in [0.1, 0.15) is 5.76 Å². The second kappa shape index (κ2) is 5.92. The first-order valence-corrected chi connectivity index (χ1v) is 6.85. The molecule has 90 valence electrons. The topological polar surface area (TPSA) is 26.0 Å². The predicted molar refractivity (Wildman–Crippen MR) is 71.5 cm³/mol. The molecule has 17 heavy (non-hydrogen) atoms. The molecule has 0 saturated heterocycles. The Morgan fingerprint density at radius 1 is 1.18 bits per heavy atom. The summed E-state index contributed by atoms with van der Waals surface area (Å²) in [5.41, 5.74) is 2.39. The molecule has 0 N–H and O–H groups in total. The lowest BCUT2D eigenvalue weighted by Crippen LogP contribution is -1.87. The molecular formula is C14H17NOS. The molecular weight excluding hydrogens is 230 g/mol. The van der Waals surface area contributed by atoms with Gasteiger partial charge in [0.05, 0.1) is 5.69 Å². The minimum Gasteiger partial charge on any atom is -0.437 e. The third kappa shape index (κ3) is 3.63. The second-order valence-corrected chi connectivity index (χ2v) is 5.11. The Balaban J connectivity index is 1.73. The molecule has 0 aliphatic rings. The molecule has 0 aliphatic heterocycles. The van der Waals surface area contributed by atoms with E-state index < -0.39 is 0 Å². The predicted octanol–water partition coefficient (Wildman–Crippen LogP) is 4.02. The standard InChI is InChI=1S/C14H17NOS/c1-11-12(2)16-14(15-11)17-10-6-9-13-7-4-3-5-8-13/h3-5,7-8H,6,9-10H2,1-2H3. The molecule has 3 heteroatoms. The van der Waals surface area contributed by atoms with Crippen molar-refractivity contribution in [1.29, 1.82) is 0 Å². The Hall–Kier alpha value is -1.22. The Bertz CT molecular complexity index is 445. The first kappa shape index (κ1) is 12.2. The van der Waals surface area contributed by atoms with Crippen molar-refractivity contribution in [3.63, 3.8) is 0 Å². The van der Waals surface area contributed by atoms with Gasteiger partial charge in [-0.2, -0.15) is 0 Å². The number of nitrogens with zero attached hydrogens (tertiary/aromatic N) is 1. The average molecular weight is 247 g/mol. The largest absolute Gasteiger partial charge is 0.437 e. The van der Waals surface area contributed by atoms with E-state index in [1.54, 1.807) is 11.8 Å². The summed E-state index contributed by atoms with van der Waals surface area (Å²) in [6.45, 7) is 3.93. The lowest BCUT2D eigenvalue weighted by atomic mass is 10.1. The van der Waals surface area contributed by atoms with Crippen LogP contribution in [0.5, 0.6) is 0 Å². The van der Waals surface area contributed by atoms with Crippen LogP contribution < -0.4 is 0 Å². The molecule has 0 amide bonds. The van der Waals surface area contributed by atoms with Crippen LogP contribution in [0.4, 0.5) is 0 Å². The summed E-state index contributed by atoms with van der Waals surface area (Å²) in [6, 6.07) is 10.6. The van der Waals surface area contributed by atoms with Crippen LogP contribution in [0.25, 0.3) is 0 Å². The molecule has 0 saturated carbocycles. The monoisotopic (exact) mass is 247 g/mol. The van der Waals surface area contributed by atoms with E-state index in [0.29, 0.717) is 0 Å². The van der Waals surface area contributed by atoms with Crippen molar-refractivity contribution >= 4 is 11.8 Å². The van der Waals surface area contributed by atoms with Crippen molar-refractivity contribution in [3.8, 4) is 0 Å². The highest BCUT2D eigenvalue weighted by molar-refractivity contribution is 7.99. The molecule has 0 bridgehead atoms. The molecule has 1 aromatic heterocycles. The molecule has 2 nitrogen and oxygen atoms in total. The molecule has 2 aromatic rings. The highest BCUT2D eigenvalue weighted by Crippen LogP contribution is 2.21. The van der Waals surface area contributed by atoms with Gasteiger partial charge in [-0.05, 0) is 32.3 Å². The quantitative estimate of drug-likeness (QED) is 0.589. The van der Waals surface area contributed by atoms with Crippen LogP contribution in [0.2, 0.25) is 0 Å². The van der Waals surface area contributed by atoms with Crippen molar-refractivity contribution in [2.75, 3.05) is 5.75 Å². The highest BCUT2D eigenvalue weighted by Gasteiger charge is 2.05. The van der Waals surface area contributed by atoms with Crippen LogP contribution in [0.3, 0.4) is 0 Å². The summed E-state index contributed by atoms with van der Waals surface area (Å²) in [7, 11) is 0. The van der Waals surface area contributed by atoms with Gasteiger partial charge in [0.15, 0.2) is 0 Å². The number of benzene rings is 1. The molecule has 0 spiro atoms. The Morgan fingerprint density at radius 2 is 1.94 bits per heavy atom. The van der Waals surface area contributed by atoms with Gasteiger partial charge in [-0.1, -0.05) is 42.1 Å². The summed E-state index contributed by atoms with van der Waals surface area (Å²) in [6.07, 6.45) is 2.27. The van der Waals surface area contributed by atoms with Gasteiger partial charge < -0.3 is 4.42 Å². The van der Waals surface area contributed by atoms with Crippen LogP contribution >= 0.6 is 11.8 Å². The Kier molecular flexibility index (Phi) is 4.26. The smallest absolute Gasteiger partial charge is 0.256 e. The van der Waals surface area contributed by atoms with Crippen molar-refractivity contribution in [2.45, 2.75) is 31.9 Å². The van der Waals surface area contributed by atoms with Gasteiger partial charge in [-0.25, -0.2) is 4.98 Å². The first-order chi connectivity index (χ1) is 8.25. The lowest BCUT2D eigenvalue weighted by molar-refractivity contribution is 0.431. The van der Waals surface area contributed by atoms with Crippen molar-refractivity contribution < 1.29 is 4.42 Å². The number of aromatic nitrogens is 1. The van der Waals surface area contributed by atoms with E-state index in [2.05, 4.69) is 35.3 Å². The van der Waals surface area contributed by atoms with E-state index in [-0.39, 0.29) is 0 Å². The number of oxazole rings is 1. The highest BCUT2D eigenvalue weighted by atomic mass is 32.2. The maximum atomic E-state index is 5.52. The van der Waals surface area contributed by atoms with Crippen LogP contribution in [0, 0.1) is 13.8 Å².